The van der Waals surface area contributed by atoms with Gasteiger partial charge in [0.15, 0.2) is 6.10 Å². The molecule has 9 heteroatoms. The summed E-state index contributed by atoms with van der Waals surface area (Å²) in [7, 11) is 1.70. The van der Waals surface area contributed by atoms with Crippen molar-refractivity contribution in [2.24, 2.45) is 0 Å². The van der Waals surface area contributed by atoms with Gasteiger partial charge in [-0.15, -0.1) is 0 Å². The highest BCUT2D eigenvalue weighted by atomic mass is 16.8. The van der Waals surface area contributed by atoms with Crippen LogP contribution in [0, 0.1) is 0 Å². The number of carbonyl (C=O) groups is 1. The summed E-state index contributed by atoms with van der Waals surface area (Å²) >= 11 is 0. The molecule has 6 atom stereocenters. The van der Waals surface area contributed by atoms with Crippen molar-refractivity contribution < 1.29 is 37.6 Å². The zero-order chi connectivity index (χ0) is 34.9. The summed E-state index contributed by atoms with van der Waals surface area (Å²) in [4.78, 5) is 15.3. The fourth-order valence-corrected chi connectivity index (χ4v) is 6.73. The molecular weight excluding hydrogens is 646 g/mol. The van der Waals surface area contributed by atoms with E-state index in [1.165, 1.54) is 4.90 Å². The second-order valence-corrected chi connectivity index (χ2v) is 12.9. The zero-order valence-corrected chi connectivity index (χ0v) is 28.6. The molecule has 0 aliphatic carbocycles. The van der Waals surface area contributed by atoms with Gasteiger partial charge in [-0.05, 0) is 34.4 Å². The van der Waals surface area contributed by atoms with Crippen molar-refractivity contribution in [1.82, 2.24) is 4.90 Å². The van der Waals surface area contributed by atoms with Gasteiger partial charge in [-0.25, -0.2) is 4.79 Å². The van der Waals surface area contributed by atoms with Crippen molar-refractivity contribution in [2.45, 2.75) is 69.1 Å². The van der Waals surface area contributed by atoms with Gasteiger partial charge in [-0.2, -0.15) is 0 Å². The van der Waals surface area contributed by atoms with E-state index in [1.54, 1.807) is 19.4 Å². The highest BCUT2D eigenvalue weighted by Gasteiger charge is 2.63. The Morgan fingerprint density at radius 1 is 0.647 bits per heavy atom. The Kier molecular flexibility index (Phi) is 11.2. The molecule has 4 aromatic carbocycles. The summed E-state index contributed by atoms with van der Waals surface area (Å²) in [6.07, 6.45) is -1.77. The SMILES string of the molecule is CN1C(=O)O[C@@]2(C[C@H]1c1ccco1)O[C@H](COCc1ccccc1)[C@@H](OCc1ccccc1)[C@H](OCc1ccccc1)[C@H]2OCc1ccccc1. The second-order valence-electron chi connectivity index (χ2n) is 12.9. The minimum Gasteiger partial charge on any atom is -0.467 e. The highest BCUT2D eigenvalue weighted by molar-refractivity contribution is 5.69. The Hall–Kier alpha value is -4.77. The maximum absolute atomic E-state index is 13.8. The smallest absolute Gasteiger partial charge is 0.412 e. The van der Waals surface area contributed by atoms with Crippen molar-refractivity contribution in [1.29, 1.82) is 0 Å². The van der Waals surface area contributed by atoms with Crippen LogP contribution in [0.1, 0.15) is 40.5 Å². The monoisotopic (exact) mass is 689 g/mol. The van der Waals surface area contributed by atoms with Crippen molar-refractivity contribution >= 4 is 6.09 Å². The Bertz CT molecular complexity index is 1770. The Morgan fingerprint density at radius 2 is 1.16 bits per heavy atom. The number of hydrogen-bond acceptors (Lipinski definition) is 8. The van der Waals surface area contributed by atoms with Gasteiger partial charge < -0.3 is 37.7 Å². The van der Waals surface area contributed by atoms with Gasteiger partial charge in [-0.1, -0.05) is 121 Å². The number of carbonyl (C=O) groups excluding carboxylic acids is 1. The number of rotatable bonds is 14. The lowest BCUT2D eigenvalue weighted by Gasteiger charge is -2.54. The number of ether oxygens (including phenoxy) is 6. The first-order valence-corrected chi connectivity index (χ1v) is 17.3. The average Bonchev–Trinajstić information content (AvgIpc) is 3.72. The van der Waals surface area contributed by atoms with E-state index >= 15 is 0 Å². The molecule has 0 unspecified atom stereocenters. The first-order valence-electron chi connectivity index (χ1n) is 17.3. The van der Waals surface area contributed by atoms with Gasteiger partial charge in [0, 0.05) is 13.5 Å². The van der Waals surface area contributed by atoms with E-state index in [2.05, 4.69) is 0 Å². The van der Waals surface area contributed by atoms with E-state index in [4.69, 9.17) is 32.8 Å². The van der Waals surface area contributed by atoms with Crippen LogP contribution in [0.3, 0.4) is 0 Å². The average molecular weight is 690 g/mol. The maximum Gasteiger partial charge on any atom is 0.412 e. The summed E-state index contributed by atoms with van der Waals surface area (Å²) in [5.74, 6) is -0.968. The van der Waals surface area contributed by atoms with E-state index in [9.17, 15) is 4.79 Å². The van der Waals surface area contributed by atoms with Crippen molar-refractivity contribution in [2.75, 3.05) is 13.7 Å². The minimum absolute atomic E-state index is 0.144. The number of nitrogens with zero attached hydrogens (tertiary/aromatic N) is 1. The van der Waals surface area contributed by atoms with Gasteiger partial charge in [0.25, 0.3) is 0 Å². The summed E-state index contributed by atoms with van der Waals surface area (Å²) in [6.45, 7) is 1.29. The highest BCUT2D eigenvalue weighted by Crippen LogP contribution is 2.47. The standard InChI is InChI=1S/C42H43NO8/c1-43-35(36-23-14-24-46-36)25-42(51-41(43)44)40(49-29-34-21-12-5-13-22-34)39(48-28-33-19-10-4-11-20-33)38(47-27-32-17-8-3-9-18-32)37(50-42)30-45-26-31-15-6-2-7-16-31/h2-24,35,37-40H,25-30H2,1H3/t35-,37+,38+,39-,40+,42+/m0/s1. The van der Waals surface area contributed by atoms with Gasteiger partial charge in [0.1, 0.15) is 24.1 Å². The molecule has 0 bridgehead atoms. The number of benzene rings is 4. The van der Waals surface area contributed by atoms with E-state index in [-0.39, 0.29) is 26.2 Å². The van der Waals surface area contributed by atoms with E-state index in [0.29, 0.717) is 19.0 Å². The van der Waals surface area contributed by atoms with Crippen molar-refractivity contribution in [3.63, 3.8) is 0 Å². The van der Waals surface area contributed by atoms with Crippen LogP contribution in [0.25, 0.3) is 0 Å². The van der Waals surface area contributed by atoms with Crippen molar-refractivity contribution in [3.05, 3.63) is 168 Å². The van der Waals surface area contributed by atoms with Crippen LogP contribution in [-0.4, -0.2) is 54.9 Å². The summed E-state index contributed by atoms with van der Waals surface area (Å²) in [5, 5.41) is 0. The van der Waals surface area contributed by atoms with Gasteiger partial charge in [0.2, 0.25) is 5.79 Å². The summed E-state index contributed by atoms with van der Waals surface area (Å²) in [6, 6.07) is 42.9. The second kappa shape index (κ2) is 16.5. The normalized spacial score (nSPS) is 24.8. The van der Waals surface area contributed by atoms with Crippen LogP contribution in [0.15, 0.2) is 144 Å². The molecule has 1 amide bonds. The fraction of sp³-hybridized carbons (Fsp3) is 0.310. The molecule has 51 heavy (non-hydrogen) atoms. The molecule has 7 rings (SSSR count). The number of hydrogen-bond donors (Lipinski definition) is 0. The lowest BCUT2D eigenvalue weighted by atomic mass is 9.86. The molecule has 2 aliphatic rings. The van der Waals surface area contributed by atoms with Gasteiger partial charge >= 0.3 is 6.09 Å². The first kappa shape index (κ1) is 34.7. The largest absolute Gasteiger partial charge is 0.467 e. The molecule has 1 spiro atoms. The molecule has 2 fully saturated rings. The molecule has 2 saturated heterocycles. The van der Waals surface area contributed by atoms with E-state index < -0.39 is 42.3 Å². The fourth-order valence-electron chi connectivity index (χ4n) is 6.73. The Balaban J connectivity index is 1.28. The quantitative estimate of drug-likeness (QED) is 0.117. The lowest BCUT2D eigenvalue weighted by molar-refractivity contribution is -0.380. The van der Waals surface area contributed by atoms with Crippen LogP contribution in [0.5, 0.6) is 0 Å². The molecule has 5 aromatic rings. The van der Waals surface area contributed by atoms with E-state index in [0.717, 1.165) is 22.3 Å². The van der Waals surface area contributed by atoms with Gasteiger partial charge in [-0.3, -0.25) is 0 Å². The predicted octanol–water partition coefficient (Wildman–Crippen LogP) is 7.86. The maximum atomic E-state index is 13.8. The molecule has 0 saturated carbocycles. The lowest BCUT2D eigenvalue weighted by Crippen LogP contribution is -2.70. The molecule has 264 valence electrons. The molecule has 9 nitrogen and oxygen atoms in total. The topological polar surface area (TPSA) is 88.8 Å². The Labute approximate surface area is 298 Å². The molecule has 2 aliphatic heterocycles. The molecular formula is C42H43NO8. The number of furan rings is 1. The Morgan fingerprint density at radius 3 is 1.69 bits per heavy atom. The summed E-state index contributed by atoms with van der Waals surface area (Å²) < 4.78 is 46.0. The minimum atomic E-state index is -1.58. The third-order valence-electron chi connectivity index (χ3n) is 9.37. The van der Waals surface area contributed by atoms with Crippen LogP contribution in [0.2, 0.25) is 0 Å². The predicted molar refractivity (Wildman–Crippen MR) is 189 cm³/mol. The molecule has 3 heterocycles. The van der Waals surface area contributed by atoms with Crippen LogP contribution in [0.4, 0.5) is 4.79 Å². The first-order chi connectivity index (χ1) is 25.1. The third kappa shape index (κ3) is 8.41. The zero-order valence-electron chi connectivity index (χ0n) is 28.6. The molecule has 1 aromatic heterocycles. The van der Waals surface area contributed by atoms with Gasteiger partial charge in [0.05, 0.1) is 45.3 Å². The van der Waals surface area contributed by atoms with Crippen molar-refractivity contribution in [3.8, 4) is 0 Å². The number of amides is 1. The third-order valence-corrected chi connectivity index (χ3v) is 9.37. The van der Waals surface area contributed by atoms with Crippen LogP contribution in [-0.2, 0) is 54.8 Å². The van der Waals surface area contributed by atoms with Crippen LogP contribution < -0.4 is 0 Å². The van der Waals surface area contributed by atoms with E-state index in [1.807, 2.05) is 127 Å². The van der Waals surface area contributed by atoms with Crippen LogP contribution >= 0.6 is 0 Å². The molecule has 0 N–H and O–H groups in total. The summed E-state index contributed by atoms with van der Waals surface area (Å²) in [5.41, 5.74) is 3.95. The molecule has 0 radical (unpaired) electrons.